The lowest BCUT2D eigenvalue weighted by Gasteiger charge is -2.30. The number of aliphatic imine (C=N–C) groups is 1. The van der Waals surface area contributed by atoms with E-state index in [-0.39, 0.29) is 11.6 Å². The molecule has 1 amide bonds. The van der Waals surface area contributed by atoms with Gasteiger partial charge < -0.3 is 15.7 Å². The van der Waals surface area contributed by atoms with Gasteiger partial charge in [-0.25, -0.2) is 0 Å². The number of para-hydroxylation sites is 1. The number of hydrogen-bond donors (Lipinski definition) is 3. The van der Waals surface area contributed by atoms with Crippen molar-refractivity contribution in [3.05, 3.63) is 64.7 Å². The van der Waals surface area contributed by atoms with Crippen LogP contribution in [0.5, 0.6) is 0 Å². The van der Waals surface area contributed by atoms with Gasteiger partial charge >= 0.3 is 6.18 Å². The third kappa shape index (κ3) is 3.77. The summed E-state index contributed by atoms with van der Waals surface area (Å²) < 4.78 is 40.5. The highest BCUT2D eigenvalue weighted by molar-refractivity contribution is 6.30. The Kier molecular flexibility index (Phi) is 5.12. The Labute approximate surface area is 157 Å². The monoisotopic (exact) mass is 397 g/mol. The zero-order chi connectivity index (χ0) is 19.7. The van der Waals surface area contributed by atoms with Crippen LogP contribution < -0.4 is 10.6 Å². The van der Waals surface area contributed by atoms with Crippen LogP contribution in [0.1, 0.15) is 11.1 Å². The van der Waals surface area contributed by atoms with E-state index < -0.39 is 29.4 Å². The summed E-state index contributed by atoms with van der Waals surface area (Å²) >= 11 is 5.67. The standard InChI is InChI=1S/C18H15ClF3N3O2/c19-13-7-5-12(6-8-13)17(27,18(20,21)22)16(26)24-10-15-23-9-11-3-1-2-4-14(11)25-15/h1-9,15,25,27H,10H2,(H,24,26)/t15?,17-/m0/s1. The molecule has 3 N–H and O–H groups in total. The fraction of sp³-hybridized carbons (Fsp3) is 0.222. The maximum atomic E-state index is 13.5. The van der Waals surface area contributed by atoms with Crippen molar-refractivity contribution in [1.82, 2.24) is 5.32 Å². The second-order valence-electron chi connectivity index (χ2n) is 5.95. The molecule has 142 valence electrons. The number of nitrogens with one attached hydrogen (secondary N) is 2. The molecule has 0 saturated carbocycles. The number of rotatable bonds is 4. The van der Waals surface area contributed by atoms with Gasteiger partial charge in [0.25, 0.3) is 11.5 Å². The number of nitrogens with zero attached hydrogens (tertiary/aromatic N) is 1. The third-order valence-corrected chi connectivity index (χ3v) is 4.39. The molecule has 0 aromatic heterocycles. The van der Waals surface area contributed by atoms with E-state index in [0.29, 0.717) is 0 Å². The lowest BCUT2D eigenvalue weighted by molar-refractivity contribution is -0.257. The number of fused-ring (bicyclic) bond motifs is 1. The first-order chi connectivity index (χ1) is 12.7. The number of anilines is 1. The first kappa shape index (κ1) is 19.2. The summed E-state index contributed by atoms with van der Waals surface area (Å²) in [6.45, 7) is -0.240. The Morgan fingerprint density at radius 1 is 1.19 bits per heavy atom. The molecule has 27 heavy (non-hydrogen) atoms. The molecule has 1 unspecified atom stereocenters. The molecule has 0 spiro atoms. The quantitative estimate of drug-likeness (QED) is 0.742. The summed E-state index contributed by atoms with van der Waals surface area (Å²) in [5, 5.41) is 15.5. The molecular formula is C18H15ClF3N3O2. The topological polar surface area (TPSA) is 73.7 Å². The summed E-state index contributed by atoms with van der Waals surface area (Å²) in [7, 11) is 0. The minimum Gasteiger partial charge on any atom is -0.369 e. The second-order valence-corrected chi connectivity index (χ2v) is 6.39. The highest BCUT2D eigenvalue weighted by atomic mass is 35.5. The minimum absolute atomic E-state index is 0.183. The fourth-order valence-electron chi connectivity index (χ4n) is 2.66. The smallest absolute Gasteiger partial charge is 0.369 e. The molecule has 5 nitrogen and oxygen atoms in total. The number of hydrogen-bond acceptors (Lipinski definition) is 4. The number of halogens is 4. The van der Waals surface area contributed by atoms with Crippen LogP contribution in [-0.4, -0.2) is 36.1 Å². The van der Waals surface area contributed by atoms with Gasteiger partial charge in [-0.2, -0.15) is 13.2 Å². The molecule has 1 aliphatic heterocycles. The largest absolute Gasteiger partial charge is 0.430 e. The average Bonchev–Trinajstić information content (AvgIpc) is 2.65. The maximum absolute atomic E-state index is 13.5. The Morgan fingerprint density at radius 3 is 2.52 bits per heavy atom. The maximum Gasteiger partial charge on any atom is 0.430 e. The summed E-state index contributed by atoms with van der Waals surface area (Å²) in [6, 6.07) is 11.5. The number of aliphatic hydroxyl groups is 1. The van der Waals surface area contributed by atoms with Crippen LogP contribution in [0, 0.1) is 0 Å². The lowest BCUT2D eigenvalue weighted by atomic mass is 9.92. The van der Waals surface area contributed by atoms with Crippen LogP contribution in [0.3, 0.4) is 0 Å². The van der Waals surface area contributed by atoms with Crippen LogP contribution in [0.25, 0.3) is 0 Å². The molecule has 2 aromatic rings. The number of alkyl halides is 3. The zero-order valence-corrected chi connectivity index (χ0v) is 14.6. The SMILES string of the molecule is O=C(NCC1N=Cc2ccccc2N1)[C@@](O)(c1ccc(Cl)cc1)C(F)(F)F. The van der Waals surface area contributed by atoms with Gasteiger partial charge in [-0.15, -0.1) is 0 Å². The van der Waals surface area contributed by atoms with E-state index in [1.165, 1.54) is 12.1 Å². The second kappa shape index (κ2) is 7.21. The summed E-state index contributed by atoms with van der Waals surface area (Å²) in [5.41, 5.74) is -2.75. The summed E-state index contributed by atoms with van der Waals surface area (Å²) in [5.74, 6) is -1.59. The Balaban J connectivity index is 1.75. The molecule has 1 aliphatic rings. The van der Waals surface area contributed by atoms with Crippen LogP contribution in [0.15, 0.2) is 53.5 Å². The van der Waals surface area contributed by atoms with Crippen molar-refractivity contribution in [3.63, 3.8) is 0 Å². The van der Waals surface area contributed by atoms with Gasteiger partial charge in [0.1, 0.15) is 6.17 Å². The minimum atomic E-state index is -5.22. The molecule has 3 rings (SSSR count). The first-order valence-electron chi connectivity index (χ1n) is 7.94. The van der Waals surface area contributed by atoms with Crippen molar-refractivity contribution in [3.8, 4) is 0 Å². The van der Waals surface area contributed by atoms with Crippen LogP contribution in [-0.2, 0) is 10.4 Å². The van der Waals surface area contributed by atoms with Crippen molar-refractivity contribution >= 4 is 29.4 Å². The molecular weight excluding hydrogens is 383 g/mol. The number of carbonyl (C=O) groups is 1. The Bertz CT molecular complexity index is 871. The number of benzene rings is 2. The third-order valence-electron chi connectivity index (χ3n) is 4.13. The van der Waals surface area contributed by atoms with E-state index in [2.05, 4.69) is 15.6 Å². The van der Waals surface area contributed by atoms with Crippen molar-refractivity contribution in [1.29, 1.82) is 0 Å². The zero-order valence-electron chi connectivity index (χ0n) is 13.8. The molecule has 1 heterocycles. The van der Waals surface area contributed by atoms with Crippen LogP contribution in [0.4, 0.5) is 18.9 Å². The number of amides is 1. The Hall–Kier alpha value is -2.58. The van der Waals surface area contributed by atoms with Gasteiger partial charge in [0.15, 0.2) is 0 Å². The number of carbonyl (C=O) groups excluding carboxylic acids is 1. The van der Waals surface area contributed by atoms with E-state index in [4.69, 9.17) is 11.6 Å². The molecule has 0 radical (unpaired) electrons. The molecule has 0 fully saturated rings. The van der Waals surface area contributed by atoms with Gasteiger partial charge in [-0.05, 0) is 18.2 Å². The van der Waals surface area contributed by atoms with Gasteiger partial charge in [0, 0.05) is 28.1 Å². The Morgan fingerprint density at radius 2 is 1.85 bits per heavy atom. The predicted molar refractivity (Wildman–Crippen MR) is 95.9 cm³/mol. The van der Waals surface area contributed by atoms with E-state index in [9.17, 15) is 23.1 Å². The van der Waals surface area contributed by atoms with Gasteiger partial charge in [0.05, 0.1) is 6.54 Å². The van der Waals surface area contributed by atoms with Crippen molar-refractivity contribution < 1.29 is 23.1 Å². The lowest BCUT2D eigenvalue weighted by Crippen LogP contribution is -2.55. The molecule has 2 atom stereocenters. The fourth-order valence-corrected chi connectivity index (χ4v) is 2.79. The van der Waals surface area contributed by atoms with E-state index in [1.807, 2.05) is 12.1 Å². The molecule has 2 aromatic carbocycles. The average molecular weight is 398 g/mol. The van der Waals surface area contributed by atoms with Crippen molar-refractivity contribution in [2.24, 2.45) is 4.99 Å². The van der Waals surface area contributed by atoms with E-state index >= 15 is 0 Å². The predicted octanol–water partition coefficient (Wildman–Crippen LogP) is 3.08. The molecule has 9 heteroatoms. The van der Waals surface area contributed by atoms with Gasteiger partial charge in [0.2, 0.25) is 0 Å². The first-order valence-corrected chi connectivity index (χ1v) is 8.32. The normalized spacial score (nSPS) is 18.2. The van der Waals surface area contributed by atoms with E-state index in [1.54, 1.807) is 18.3 Å². The highest BCUT2D eigenvalue weighted by Gasteiger charge is 2.60. The highest BCUT2D eigenvalue weighted by Crippen LogP contribution is 2.39. The van der Waals surface area contributed by atoms with Crippen LogP contribution >= 0.6 is 11.6 Å². The van der Waals surface area contributed by atoms with Crippen molar-refractivity contribution in [2.75, 3.05) is 11.9 Å². The molecule has 0 saturated heterocycles. The summed E-state index contributed by atoms with van der Waals surface area (Å²) in [4.78, 5) is 16.4. The van der Waals surface area contributed by atoms with Gasteiger partial charge in [-0.1, -0.05) is 41.9 Å². The van der Waals surface area contributed by atoms with Gasteiger partial charge in [-0.3, -0.25) is 9.79 Å². The van der Waals surface area contributed by atoms with Crippen molar-refractivity contribution in [2.45, 2.75) is 17.9 Å². The summed E-state index contributed by atoms with van der Waals surface area (Å²) in [6.07, 6.45) is -4.31. The molecule has 0 aliphatic carbocycles. The van der Waals surface area contributed by atoms with E-state index in [0.717, 1.165) is 23.4 Å². The van der Waals surface area contributed by atoms with Crippen LogP contribution in [0.2, 0.25) is 5.02 Å². The molecule has 0 bridgehead atoms.